The Morgan fingerprint density at radius 1 is 0.691 bits per heavy atom. The Hall–Kier alpha value is -5.77. The number of nitrogens with zero attached hydrogens (tertiary/aromatic N) is 4. The molecule has 0 bridgehead atoms. The van der Waals surface area contributed by atoms with Crippen LogP contribution < -0.4 is 9.30 Å². The topological polar surface area (TPSA) is 35.9 Å². The zero-order chi connectivity index (χ0) is 36.4. The molecular weight excluding hydrogens is 856 g/mol. The maximum Gasteiger partial charge on any atom is 0.242 e. The summed E-state index contributed by atoms with van der Waals surface area (Å²) in [5.41, 5.74) is 10.1. The molecule has 1 aliphatic rings. The van der Waals surface area contributed by atoms with Crippen molar-refractivity contribution in [1.82, 2.24) is 14.1 Å². The number of benzene rings is 6. The minimum atomic E-state index is -0.230. The van der Waals surface area contributed by atoms with Crippen LogP contribution in [-0.4, -0.2) is 14.1 Å². The maximum atomic E-state index is 6.56. The van der Waals surface area contributed by atoms with Crippen molar-refractivity contribution in [3.63, 3.8) is 0 Å². The summed E-state index contributed by atoms with van der Waals surface area (Å²) >= 11 is 0. The van der Waals surface area contributed by atoms with Gasteiger partial charge < -0.3 is 18.4 Å². The predicted octanol–water partition coefficient (Wildman–Crippen LogP) is 10.4. The van der Waals surface area contributed by atoms with E-state index in [0.29, 0.717) is 11.5 Å². The summed E-state index contributed by atoms with van der Waals surface area (Å²) in [6.45, 7) is 7.45. The average molecular weight is 894 g/mol. The van der Waals surface area contributed by atoms with Crippen LogP contribution in [0.1, 0.15) is 43.0 Å². The van der Waals surface area contributed by atoms with Crippen LogP contribution in [0.5, 0.6) is 11.5 Å². The number of hydrogen-bond acceptors (Lipinski definition) is 2. The molecule has 0 atom stereocenters. The first-order valence-corrected chi connectivity index (χ1v) is 18.6. The second-order valence-electron chi connectivity index (χ2n) is 15.4. The van der Waals surface area contributed by atoms with E-state index in [1.54, 1.807) is 0 Å². The van der Waals surface area contributed by atoms with Gasteiger partial charge in [0.1, 0.15) is 5.82 Å². The molecule has 0 fully saturated rings. The van der Waals surface area contributed by atoms with Crippen molar-refractivity contribution in [1.29, 1.82) is 0 Å². The van der Waals surface area contributed by atoms with Crippen LogP contribution in [0.15, 0.2) is 152 Å². The summed E-state index contributed by atoms with van der Waals surface area (Å²) in [5.74, 6) is 2.08. The number of aromatic nitrogens is 4. The van der Waals surface area contributed by atoms with E-state index in [4.69, 9.17) is 9.72 Å². The van der Waals surface area contributed by atoms with Gasteiger partial charge in [-0.05, 0) is 57.7 Å². The molecule has 0 radical (unpaired) electrons. The standard InChI is InChI=1S/C49H38N4O.Pt/c1-48(2,3)37-26-27-50-46(28-37)53-43-22-11-10-21-41(43)42-25-24-40(30-45(42)53)54-39-20-13-19-38(29-39)52-33-51-32-49(35-15-6-4-7-16-35,36-17-8-5-9-18-36)31-34-14-12-23-44(52)47(34)51;/h4-28H,31-32H2,1-3H3;/q-2;. The van der Waals surface area contributed by atoms with Crippen LogP contribution >= 0.6 is 0 Å². The zero-order valence-electron chi connectivity index (χ0n) is 30.9. The molecule has 4 heterocycles. The molecule has 0 amide bonds. The number of rotatable bonds is 6. The molecule has 5 nitrogen and oxygen atoms in total. The number of para-hydroxylation sites is 2. The molecule has 272 valence electrons. The first kappa shape index (κ1) is 35.0. The van der Waals surface area contributed by atoms with Gasteiger partial charge in [-0.25, -0.2) is 4.98 Å². The number of imidazole rings is 1. The number of hydrogen-bond donors (Lipinski definition) is 0. The van der Waals surface area contributed by atoms with E-state index in [9.17, 15) is 0 Å². The van der Waals surface area contributed by atoms with Crippen molar-refractivity contribution in [3.05, 3.63) is 193 Å². The van der Waals surface area contributed by atoms with Crippen molar-refractivity contribution in [2.75, 3.05) is 0 Å². The summed E-state index contributed by atoms with van der Waals surface area (Å²) in [6.07, 6.45) is 6.54. The van der Waals surface area contributed by atoms with Crippen LogP contribution in [0.25, 0.3) is 44.3 Å². The van der Waals surface area contributed by atoms with Crippen LogP contribution in [0, 0.1) is 18.5 Å². The fraction of sp³-hybridized carbons (Fsp3) is 0.143. The summed E-state index contributed by atoms with van der Waals surface area (Å²) in [6, 6.07) is 58.5. The van der Waals surface area contributed by atoms with E-state index in [0.717, 1.165) is 51.8 Å². The van der Waals surface area contributed by atoms with E-state index < -0.39 is 0 Å². The fourth-order valence-electron chi connectivity index (χ4n) is 8.38. The van der Waals surface area contributed by atoms with E-state index in [-0.39, 0.29) is 31.9 Å². The van der Waals surface area contributed by atoms with Gasteiger partial charge in [-0.2, -0.15) is 18.2 Å². The maximum absolute atomic E-state index is 6.56. The van der Waals surface area contributed by atoms with Gasteiger partial charge in [-0.1, -0.05) is 129 Å². The molecule has 0 aliphatic carbocycles. The molecule has 1 aliphatic heterocycles. The first-order valence-electron chi connectivity index (χ1n) is 18.6. The van der Waals surface area contributed by atoms with Crippen molar-refractivity contribution < 1.29 is 30.4 Å². The molecule has 0 saturated carbocycles. The summed E-state index contributed by atoms with van der Waals surface area (Å²) in [5, 5.41) is 2.25. The Labute approximate surface area is 335 Å². The van der Waals surface area contributed by atoms with Gasteiger partial charge in [-0.3, -0.25) is 0 Å². The van der Waals surface area contributed by atoms with Crippen molar-refractivity contribution >= 4 is 32.8 Å². The van der Waals surface area contributed by atoms with Gasteiger partial charge in [0.2, 0.25) is 6.33 Å². The number of ether oxygens (including phenoxy) is 1. The SMILES string of the molecule is CC(C)(C)c1ccnc(-n2c3[c-]c(Oc4[c-]c(-n5[c-][n+]6c7c(cccc75)CC(c5ccccc5)(c5ccccc5)C6)ccc4)ccc3c3ccccc32)c1.[Pt]. The molecule has 0 unspecified atom stereocenters. The third-order valence-electron chi connectivity index (χ3n) is 11.0. The molecule has 6 heteroatoms. The zero-order valence-corrected chi connectivity index (χ0v) is 33.1. The second-order valence-corrected chi connectivity index (χ2v) is 15.4. The van der Waals surface area contributed by atoms with Crippen molar-refractivity contribution in [3.8, 4) is 23.0 Å². The summed E-state index contributed by atoms with van der Waals surface area (Å²) in [4.78, 5) is 4.83. The first-order chi connectivity index (χ1) is 26.4. The second kappa shape index (κ2) is 13.5. The number of fused-ring (bicyclic) bond motifs is 3. The van der Waals surface area contributed by atoms with Crippen LogP contribution in [0.3, 0.4) is 0 Å². The molecule has 0 saturated heterocycles. The molecule has 55 heavy (non-hydrogen) atoms. The third-order valence-corrected chi connectivity index (χ3v) is 11.0. The molecule has 10 rings (SSSR count). The molecule has 9 aromatic rings. The largest absolute Gasteiger partial charge is 0.510 e. The van der Waals surface area contributed by atoms with Crippen LogP contribution in [0.2, 0.25) is 0 Å². The normalized spacial score (nSPS) is 13.6. The Morgan fingerprint density at radius 3 is 2.15 bits per heavy atom. The molecule has 6 aromatic carbocycles. The summed E-state index contributed by atoms with van der Waals surface area (Å²) < 4.78 is 13.2. The van der Waals surface area contributed by atoms with Crippen molar-refractivity contribution in [2.24, 2.45) is 0 Å². The van der Waals surface area contributed by atoms with Gasteiger partial charge >= 0.3 is 0 Å². The van der Waals surface area contributed by atoms with Crippen molar-refractivity contribution in [2.45, 2.75) is 44.6 Å². The Kier molecular flexibility index (Phi) is 8.59. The van der Waals surface area contributed by atoms with Gasteiger partial charge in [0.25, 0.3) is 0 Å². The minimum Gasteiger partial charge on any atom is -0.510 e. The smallest absolute Gasteiger partial charge is 0.242 e. The van der Waals surface area contributed by atoms with Gasteiger partial charge in [-0.15, -0.1) is 29.7 Å². The summed E-state index contributed by atoms with van der Waals surface area (Å²) in [7, 11) is 0. The van der Waals surface area contributed by atoms with Crippen LogP contribution in [0.4, 0.5) is 0 Å². The third kappa shape index (κ3) is 5.89. The van der Waals surface area contributed by atoms with Gasteiger partial charge in [0.15, 0.2) is 0 Å². The quantitative estimate of drug-likeness (QED) is 0.123. The predicted molar refractivity (Wildman–Crippen MR) is 215 cm³/mol. The monoisotopic (exact) mass is 893 g/mol. The number of pyridine rings is 1. The molecule has 0 spiro atoms. The van der Waals surface area contributed by atoms with Gasteiger partial charge in [0.05, 0.1) is 23.0 Å². The molecular formula is C49H38N4OPt-2. The molecule has 0 N–H and O–H groups in total. The Morgan fingerprint density at radius 2 is 1.38 bits per heavy atom. The van der Waals surface area contributed by atoms with Crippen LogP contribution in [-0.2, 0) is 44.9 Å². The Bertz CT molecular complexity index is 2810. The van der Waals surface area contributed by atoms with E-state index in [2.05, 4.69) is 180 Å². The van der Waals surface area contributed by atoms with E-state index >= 15 is 0 Å². The van der Waals surface area contributed by atoms with Gasteiger partial charge in [0, 0.05) is 44.3 Å². The Balaban J connectivity index is 0.00000397. The molecule has 3 aromatic heterocycles. The minimum absolute atomic E-state index is 0. The fourth-order valence-corrected chi connectivity index (χ4v) is 8.38. The van der Waals surface area contributed by atoms with E-state index in [1.807, 2.05) is 24.4 Å². The van der Waals surface area contributed by atoms with E-state index in [1.165, 1.54) is 27.8 Å². The average Bonchev–Trinajstić information content (AvgIpc) is 3.74.